The molecule has 0 saturated heterocycles. The molecule has 4 aromatic heterocycles. The van der Waals surface area contributed by atoms with Crippen molar-refractivity contribution in [1.82, 2.24) is 24.1 Å². The summed E-state index contributed by atoms with van der Waals surface area (Å²) in [6, 6.07) is 17.7. The van der Waals surface area contributed by atoms with Crippen molar-refractivity contribution in [3.05, 3.63) is 97.5 Å². The average molecular weight is 379 g/mol. The second-order valence-corrected chi connectivity index (χ2v) is 6.49. The summed E-state index contributed by atoms with van der Waals surface area (Å²) in [5.74, 6) is 1.21. The Hall–Kier alpha value is -4.26. The molecule has 7 nitrogen and oxygen atoms in total. The molecule has 29 heavy (non-hydrogen) atoms. The quantitative estimate of drug-likeness (QED) is 0.381. The van der Waals surface area contributed by atoms with Crippen molar-refractivity contribution in [2.24, 2.45) is 10.7 Å². The van der Waals surface area contributed by atoms with Gasteiger partial charge in [-0.3, -0.25) is 4.57 Å². The second-order valence-electron chi connectivity index (χ2n) is 6.49. The van der Waals surface area contributed by atoms with Crippen molar-refractivity contribution in [3.63, 3.8) is 0 Å². The summed E-state index contributed by atoms with van der Waals surface area (Å²) in [7, 11) is 0. The third-order valence-electron chi connectivity index (χ3n) is 4.64. The average Bonchev–Trinajstić information content (AvgIpc) is 3.45. The normalized spacial score (nSPS) is 11.8. The Morgan fingerprint density at radius 1 is 0.897 bits per heavy atom. The summed E-state index contributed by atoms with van der Waals surface area (Å²) in [6.45, 7) is 0. The van der Waals surface area contributed by atoms with Crippen LogP contribution in [0, 0.1) is 0 Å². The molecule has 0 bridgehead atoms. The van der Waals surface area contributed by atoms with Crippen LogP contribution in [-0.4, -0.2) is 29.9 Å². The number of imidazole rings is 1. The van der Waals surface area contributed by atoms with Gasteiger partial charge in [0, 0.05) is 41.4 Å². The summed E-state index contributed by atoms with van der Waals surface area (Å²) in [5, 5.41) is 1.10. The molecule has 0 saturated carbocycles. The molecular weight excluding hydrogens is 362 g/mol. The van der Waals surface area contributed by atoms with Gasteiger partial charge in [0.15, 0.2) is 0 Å². The fourth-order valence-electron chi connectivity index (χ4n) is 3.16. The van der Waals surface area contributed by atoms with Gasteiger partial charge in [0.25, 0.3) is 0 Å². The first-order valence-corrected chi connectivity index (χ1v) is 9.09. The van der Waals surface area contributed by atoms with Gasteiger partial charge in [-0.2, -0.15) is 0 Å². The predicted molar refractivity (Wildman–Crippen MR) is 113 cm³/mol. The van der Waals surface area contributed by atoms with Gasteiger partial charge < -0.3 is 10.3 Å². The lowest BCUT2D eigenvalue weighted by Crippen LogP contribution is -2.12. The Morgan fingerprint density at radius 2 is 1.79 bits per heavy atom. The van der Waals surface area contributed by atoms with E-state index in [2.05, 4.69) is 19.9 Å². The van der Waals surface area contributed by atoms with E-state index in [1.807, 2.05) is 76.1 Å². The number of rotatable bonds is 4. The fourth-order valence-corrected chi connectivity index (χ4v) is 3.16. The largest absolute Gasteiger partial charge is 0.383 e. The first-order chi connectivity index (χ1) is 14.3. The monoisotopic (exact) mass is 379 g/mol. The molecule has 5 aromatic rings. The molecule has 0 unspecified atom stereocenters. The van der Waals surface area contributed by atoms with E-state index in [0.717, 1.165) is 28.1 Å². The molecule has 4 heterocycles. The molecular formula is C22H17N7. The van der Waals surface area contributed by atoms with E-state index in [9.17, 15) is 0 Å². The highest BCUT2D eigenvalue weighted by Crippen LogP contribution is 2.19. The summed E-state index contributed by atoms with van der Waals surface area (Å²) in [5.41, 5.74) is 9.68. The Labute approximate surface area is 166 Å². The van der Waals surface area contributed by atoms with Crippen LogP contribution in [0.4, 0.5) is 5.69 Å². The molecule has 0 amide bonds. The maximum atomic E-state index is 6.21. The standard InChI is InChI=1S/C22H17N7/c23-21(27-18-5-8-20(26-14-18)28-13-11-24-15-28)16-3-6-19(7-4-16)29-12-9-17-2-1-10-25-22(17)29/h1-15H,(H2,23,27). The molecule has 0 aliphatic heterocycles. The van der Waals surface area contributed by atoms with E-state index in [-0.39, 0.29) is 0 Å². The number of hydrogen-bond donors (Lipinski definition) is 1. The highest BCUT2D eigenvalue weighted by atomic mass is 15.1. The number of fused-ring (bicyclic) bond motifs is 1. The van der Waals surface area contributed by atoms with Crippen molar-refractivity contribution >= 4 is 22.6 Å². The van der Waals surface area contributed by atoms with Gasteiger partial charge in [-0.25, -0.2) is 19.9 Å². The molecule has 7 heteroatoms. The maximum absolute atomic E-state index is 6.21. The SMILES string of the molecule is N/C(=N\c1ccc(-n2ccnc2)nc1)c1ccc(-n2ccc3cccnc32)cc1. The van der Waals surface area contributed by atoms with Crippen LogP contribution in [0.25, 0.3) is 22.5 Å². The number of benzene rings is 1. The number of aromatic nitrogens is 5. The third kappa shape index (κ3) is 3.25. The Kier molecular flexibility index (Phi) is 4.10. The zero-order chi connectivity index (χ0) is 19.6. The van der Waals surface area contributed by atoms with Crippen molar-refractivity contribution < 1.29 is 0 Å². The van der Waals surface area contributed by atoms with Crippen LogP contribution in [-0.2, 0) is 0 Å². The lowest BCUT2D eigenvalue weighted by molar-refractivity contribution is 0.992. The Morgan fingerprint density at radius 3 is 2.55 bits per heavy atom. The summed E-state index contributed by atoms with van der Waals surface area (Å²) in [6.07, 6.45) is 10.7. The minimum atomic E-state index is 0.434. The van der Waals surface area contributed by atoms with Crippen LogP contribution in [0.2, 0.25) is 0 Å². The minimum Gasteiger partial charge on any atom is -0.383 e. The zero-order valence-corrected chi connectivity index (χ0v) is 15.4. The third-order valence-corrected chi connectivity index (χ3v) is 4.64. The van der Waals surface area contributed by atoms with Crippen molar-refractivity contribution in [2.75, 3.05) is 0 Å². The topological polar surface area (TPSA) is 86.9 Å². The Bertz CT molecular complexity index is 1280. The van der Waals surface area contributed by atoms with Gasteiger partial charge in [-0.05, 0) is 54.6 Å². The Balaban J connectivity index is 1.39. The molecule has 0 aliphatic rings. The molecule has 2 N–H and O–H groups in total. The molecule has 1 aromatic carbocycles. The summed E-state index contributed by atoms with van der Waals surface area (Å²) >= 11 is 0. The van der Waals surface area contributed by atoms with Crippen LogP contribution < -0.4 is 5.73 Å². The van der Waals surface area contributed by atoms with Crippen molar-refractivity contribution in [2.45, 2.75) is 0 Å². The second kappa shape index (κ2) is 7.05. The van der Waals surface area contributed by atoms with Crippen LogP contribution >= 0.6 is 0 Å². The minimum absolute atomic E-state index is 0.434. The lowest BCUT2D eigenvalue weighted by Gasteiger charge is -2.07. The van der Waals surface area contributed by atoms with Gasteiger partial charge in [0.2, 0.25) is 0 Å². The lowest BCUT2D eigenvalue weighted by atomic mass is 10.2. The maximum Gasteiger partial charge on any atom is 0.144 e. The van der Waals surface area contributed by atoms with E-state index >= 15 is 0 Å². The number of nitrogens with zero attached hydrogens (tertiary/aromatic N) is 6. The van der Waals surface area contributed by atoms with Gasteiger partial charge in [-0.15, -0.1) is 0 Å². The number of aliphatic imine (C=N–C) groups is 1. The van der Waals surface area contributed by atoms with E-state index < -0.39 is 0 Å². The smallest absolute Gasteiger partial charge is 0.144 e. The summed E-state index contributed by atoms with van der Waals surface area (Å²) < 4.78 is 3.88. The first kappa shape index (κ1) is 16.9. The van der Waals surface area contributed by atoms with Gasteiger partial charge in [0.05, 0.1) is 11.9 Å². The van der Waals surface area contributed by atoms with Gasteiger partial charge in [0.1, 0.15) is 23.6 Å². The molecule has 0 fully saturated rings. The highest BCUT2D eigenvalue weighted by molar-refractivity contribution is 5.99. The van der Waals surface area contributed by atoms with E-state index in [1.165, 1.54) is 0 Å². The van der Waals surface area contributed by atoms with Gasteiger partial charge >= 0.3 is 0 Å². The molecule has 0 spiro atoms. The van der Waals surface area contributed by atoms with Crippen LogP contribution in [0.5, 0.6) is 0 Å². The van der Waals surface area contributed by atoms with E-state index in [1.54, 1.807) is 24.9 Å². The zero-order valence-electron chi connectivity index (χ0n) is 15.4. The summed E-state index contributed by atoms with van der Waals surface area (Å²) in [4.78, 5) is 17.4. The van der Waals surface area contributed by atoms with Crippen molar-refractivity contribution in [3.8, 4) is 11.5 Å². The van der Waals surface area contributed by atoms with Gasteiger partial charge in [-0.1, -0.05) is 0 Å². The molecule has 140 valence electrons. The number of hydrogen-bond acceptors (Lipinski definition) is 4. The predicted octanol–water partition coefficient (Wildman–Crippen LogP) is 3.64. The number of nitrogens with two attached hydrogens (primary N) is 1. The molecule has 0 aliphatic carbocycles. The van der Waals surface area contributed by atoms with Crippen LogP contribution in [0.1, 0.15) is 5.56 Å². The van der Waals surface area contributed by atoms with Crippen molar-refractivity contribution in [1.29, 1.82) is 0 Å². The van der Waals surface area contributed by atoms with E-state index in [4.69, 9.17) is 5.73 Å². The molecule has 5 rings (SSSR count). The van der Waals surface area contributed by atoms with Crippen LogP contribution in [0.15, 0.2) is 96.9 Å². The molecule has 0 radical (unpaired) electrons. The van der Waals surface area contributed by atoms with Crippen LogP contribution in [0.3, 0.4) is 0 Å². The molecule has 0 atom stereocenters. The van der Waals surface area contributed by atoms with E-state index in [0.29, 0.717) is 11.5 Å². The first-order valence-electron chi connectivity index (χ1n) is 9.09. The number of amidine groups is 1. The number of pyridine rings is 2. The fraction of sp³-hybridized carbons (Fsp3) is 0. The highest BCUT2D eigenvalue weighted by Gasteiger charge is 2.05.